The van der Waals surface area contributed by atoms with Gasteiger partial charge in [0.2, 0.25) is 0 Å². The van der Waals surface area contributed by atoms with Gasteiger partial charge in [0, 0.05) is 0 Å². The standard InChI is InChI=1S/5Cl2O.10ClH/c5*1-3-2;;;;;;;;;;/h;;;;;10*1H. The van der Waals surface area contributed by atoms with Crippen LogP contribution in [0.2, 0.25) is 0 Å². The number of hydrogen-bond donors (Lipinski definition) is 0. The maximum atomic E-state index is 4.26. The van der Waals surface area contributed by atoms with Gasteiger partial charge in [0.1, 0.15) is 0 Å². The van der Waals surface area contributed by atoms with Gasteiger partial charge in [0.15, 0.2) is 0 Å². The number of rotatable bonds is 0. The Morgan fingerprint density at radius 3 is 0.200 bits per heavy atom. The van der Waals surface area contributed by atoms with Crippen molar-refractivity contribution < 1.29 is 19.2 Å². The molecule has 0 aromatic carbocycles. The Labute approximate surface area is 258 Å². The number of hydrogen-bond acceptors (Lipinski definition) is 5. The topological polar surface area (TPSA) is 46.2 Å². The van der Waals surface area contributed by atoms with Gasteiger partial charge in [-0.1, -0.05) is 0 Å². The summed E-state index contributed by atoms with van der Waals surface area (Å²) < 4.78 is 16.0. The van der Waals surface area contributed by atoms with E-state index in [1.807, 2.05) is 0 Å². The van der Waals surface area contributed by atoms with Gasteiger partial charge in [-0.05, 0) is 0 Å². The van der Waals surface area contributed by atoms with Crippen molar-refractivity contribution >= 4 is 243 Å². The Balaban J connectivity index is -0.00000000350. The van der Waals surface area contributed by atoms with Crippen LogP contribution in [0.5, 0.6) is 0 Å². The lowest BCUT2D eigenvalue weighted by Gasteiger charge is -1.46. The Hall–Kier alpha value is 5.60. The fraction of sp³-hybridized carbons (Fsp3) is 0. The Morgan fingerprint density at radius 1 is 0.200 bits per heavy atom. The van der Waals surface area contributed by atoms with Gasteiger partial charge in [-0.3, -0.25) is 0 Å². The summed E-state index contributed by atoms with van der Waals surface area (Å²) in [4.78, 5) is 0. The first-order valence-corrected chi connectivity index (χ1v) is 4.63. The molecule has 0 unspecified atom stereocenters. The minimum atomic E-state index is 0. The van der Waals surface area contributed by atoms with Gasteiger partial charge in [-0.15, -0.1) is 124 Å². The Kier molecular flexibility index (Phi) is 950. The molecule has 0 aliphatic rings. The lowest BCUT2D eigenvalue weighted by molar-refractivity contribution is 0.697. The van der Waals surface area contributed by atoms with Crippen LogP contribution in [0.3, 0.4) is 0 Å². The smallest absolute Gasteiger partial charge is 0.0832 e. The molecule has 0 fully saturated rings. The third-order valence-corrected chi connectivity index (χ3v) is 0. The molecule has 0 atom stereocenters. The highest BCUT2D eigenvalue weighted by Gasteiger charge is 1.39. The van der Waals surface area contributed by atoms with Crippen LogP contribution in [-0.2, 0) is 19.2 Å². The van der Waals surface area contributed by atoms with Crippen LogP contribution in [0, 0.1) is 0 Å². The molecular formula is H10Cl20O5. The zero-order valence-corrected chi connectivity index (χ0v) is 25.6. The minimum absolute atomic E-state index is 0. The summed E-state index contributed by atoms with van der Waals surface area (Å²) in [7, 11) is 0. The van der Waals surface area contributed by atoms with Gasteiger partial charge >= 0.3 is 0 Å². The molecule has 0 saturated carbocycles. The van der Waals surface area contributed by atoms with E-state index in [1.165, 1.54) is 0 Å². The second-order valence-electron chi connectivity index (χ2n) is 0.292. The van der Waals surface area contributed by atoms with Crippen LogP contribution >= 0.6 is 243 Å². The maximum absolute atomic E-state index is 4.26. The van der Waals surface area contributed by atoms with Crippen LogP contribution in [0.4, 0.5) is 0 Å². The van der Waals surface area contributed by atoms with Gasteiger partial charge in [0.05, 0.1) is 119 Å². The molecule has 25 heteroatoms. The summed E-state index contributed by atoms with van der Waals surface area (Å²) in [5.74, 6) is 0. The van der Waals surface area contributed by atoms with Gasteiger partial charge in [0.25, 0.3) is 0 Å². The molecule has 0 N–H and O–H groups in total. The summed E-state index contributed by atoms with van der Waals surface area (Å²) in [6, 6.07) is 0. The second-order valence-corrected chi connectivity index (χ2v) is 2.62. The molecule has 0 aliphatic heterocycles. The predicted octanol–water partition coefficient (Wildman–Crippen LogP) is 10.8. The van der Waals surface area contributed by atoms with Crippen molar-refractivity contribution in [1.82, 2.24) is 0 Å². The van der Waals surface area contributed by atoms with Crippen molar-refractivity contribution in [3.8, 4) is 0 Å². The highest BCUT2D eigenvalue weighted by atomic mass is 35.6. The highest BCUT2D eigenvalue weighted by molar-refractivity contribution is 6.25. The molecular weight excluding hydrogens is 789 g/mol. The quantitative estimate of drug-likeness (QED) is 0.244. The fourth-order valence-corrected chi connectivity index (χ4v) is 0. The molecule has 0 radical (unpaired) electrons. The fourth-order valence-electron chi connectivity index (χ4n) is 0. The molecule has 0 aromatic rings. The first-order valence-electron chi connectivity index (χ1n) is 1.54. The molecule has 0 aliphatic carbocycles. The molecule has 180 valence electrons. The largest absolute Gasteiger partial charge is 0.166 e. The summed E-state index contributed by atoms with van der Waals surface area (Å²) in [5, 5.41) is 0. The van der Waals surface area contributed by atoms with Crippen molar-refractivity contribution in [1.29, 1.82) is 0 Å². The third-order valence-electron chi connectivity index (χ3n) is 0. The minimum Gasteiger partial charge on any atom is -0.166 e. The van der Waals surface area contributed by atoms with E-state index in [0.717, 1.165) is 0 Å². The molecule has 0 aromatic heterocycles. The third kappa shape index (κ3) is 719. The Bertz CT molecular complexity index is 29.7. The van der Waals surface area contributed by atoms with Crippen LogP contribution in [0.1, 0.15) is 0 Å². The van der Waals surface area contributed by atoms with Crippen LogP contribution in [-0.4, -0.2) is 0 Å². The molecule has 0 spiro atoms. The predicted molar refractivity (Wildman–Crippen MR) is 136 cm³/mol. The average Bonchev–Trinajstić information content (AvgIpc) is 2.09. The van der Waals surface area contributed by atoms with E-state index in [9.17, 15) is 0 Å². The Morgan fingerprint density at radius 2 is 0.200 bits per heavy atom. The van der Waals surface area contributed by atoms with Gasteiger partial charge < -0.3 is 0 Å². The maximum Gasteiger partial charge on any atom is 0.0832 e. The van der Waals surface area contributed by atoms with Crippen molar-refractivity contribution in [3.05, 3.63) is 0 Å². The van der Waals surface area contributed by atoms with Crippen molar-refractivity contribution in [2.45, 2.75) is 0 Å². The van der Waals surface area contributed by atoms with E-state index >= 15 is 0 Å². The molecule has 25 heavy (non-hydrogen) atoms. The molecule has 0 heterocycles. The number of halogens is 20. The highest BCUT2D eigenvalue weighted by Crippen LogP contribution is 1.79. The van der Waals surface area contributed by atoms with Crippen LogP contribution in [0.15, 0.2) is 0 Å². The van der Waals surface area contributed by atoms with Crippen LogP contribution in [0.25, 0.3) is 0 Å². The van der Waals surface area contributed by atoms with E-state index in [0.29, 0.717) is 0 Å². The molecule has 0 rings (SSSR count). The van der Waals surface area contributed by atoms with Crippen molar-refractivity contribution in [3.63, 3.8) is 0 Å². The van der Waals surface area contributed by atoms with Gasteiger partial charge in [-0.2, -0.15) is 19.2 Å². The summed E-state index contributed by atoms with van der Waals surface area (Å²) in [5.41, 5.74) is 0. The molecule has 0 bridgehead atoms. The van der Waals surface area contributed by atoms with Crippen molar-refractivity contribution in [2.75, 3.05) is 0 Å². The summed E-state index contributed by atoms with van der Waals surface area (Å²) in [6.45, 7) is 0. The van der Waals surface area contributed by atoms with E-state index in [1.54, 1.807) is 0 Å². The molecule has 5 nitrogen and oxygen atoms in total. The average molecular weight is 799 g/mol. The summed E-state index contributed by atoms with van der Waals surface area (Å²) in [6.07, 6.45) is 0. The summed E-state index contributed by atoms with van der Waals surface area (Å²) >= 11 is 42.6. The first kappa shape index (κ1) is 110. The van der Waals surface area contributed by atoms with Crippen molar-refractivity contribution in [2.24, 2.45) is 0 Å². The SMILES string of the molecule is Cl.Cl.Cl.Cl.Cl.Cl.Cl.Cl.Cl.Cl.ClOCl.ClOCl.ClOCl.ClOCl.ClOCl. The molecule has 0 amide bonds. The van der Waals surface area contributed by atoms with E-state index < -0.39 is 0 Å². The zero-order valence-electron chi connectivity index (χ0n) is 9.90. The normalized spacial score (nSPS) is 3.60. The van der Waals surface area contributed by atoms with E-state index in [2.05, 4.69) is 138 Å². The lowest BCUT2D eigenvalue weighted by Crippen LogP contribution is -1.15. The monoisotopic (exact) mass is 789 g/mol. The lowest BCUT2D eigenvalue weighted by atomic mass is 15.9. The van der Waals surface area contributed by atoms with E-state index in [4.69, 9.17) is 0 Å². The van der Waals surface area contributed by atoms with E-state index in [-0.39, 0.29) is 124 Å². The van der Waals surface area contributed by atoms with Crippen LogP contribution < -0.4 is 0 Å². The first-order chi connectivity index (χ1) is 7.07. The molecule has 0 saturated heterocycles. The zero-order chi connectivity index (χ0) is 13.5. The second kappa shape index (κ2) is 215. The van der Waals surface area contributed by atoms with Gasteiger partial charge in [-0.25, -0.2) is 0 Å².